The second kappa shape index (κ2) is 3.16. The van der Waals surface area contributed by atoms with Gasteiger partial charge in [-0.2, -0.15) is 0 Å². The van der Waals surface area contributed by atoms with Crippen molar-refractivity contribution in [2.75, 3.05) is 0 Å². The maximum atomic E-state index is 10.7. The van der Waals surface area contributed by atoms with Crippen molar-refractivity contribution in [3.63, 3.8) is 0 Å². The number of benzene rings is 1. The average Bonchev–Trinajstić information content (AvgIpc) is 2.43. The first-order chi connectivity index (χ1) is 6.22. The molecule has 1 aromatic heterocycles. The Kier molecular flexibility index (Phi) is 2.14. The first-order valence-corrected chi connectivity index (χ1v) is 4.73. The van der Waals surface area contributed by atoms with Crippen molar-refractivity contribution in [2.24, 2.45) is 0 Å². The number of carbonyl (C=O) groups excluding carboxylic acids is 1. The van der Waals surface area contributed by atoms with Crippen LogP contribution in [-0.4, -0.2) is 9.88 Å². The molecule has 2 nitrogen and oxygen atoms in total. The number of hydrogen-bond acceptors (Lipinski definition) is 1. The highest BCUT2D eigenvalue weighted by Gasteiger charge is 2.06. The van der Waals surface area contributed by atoms with Crippen molar-refractivity contribution < 1.29 is 4.79 Å². The fraction of sp³-hybridized carbons (Fsp3) is 0. The van der Waals surface area contributed by atoms with Crippen LogP contribution in [0.25, 0.3) is 10.9 Å². The van der Waals surface area contributed by atoms with E-state index in [4.69, 9.17) is 11.6 Å². The molecule has 0 saturated carbocycles. The SMILES string of the molecule is O=Cc1cn(Br)c2cc(Cl)ccc12. The van der Waals surface area contributed by atoms with Gasteiger partial charge < -0.3 is 0 Å². The van der Waals surface area contributed by atoms with Crippen LogP contribution in [0.4, 0.5) is 0 Å². The van der Waals surface area contributed by atoms with Crippen molar-refractivity contribution >= 4 is 44.9 Å². The summed E-state index contributed by atoms with van der Waals surface area (Å²) in [5, 5.41) is 1.56. The monoisotopic (exact) mass is 257 g/mol. The van der Waals surface area contributed by atoms with Gasteiger partial charge in [-0.1, -0.05) is 17.7 Å². The van der Waals surface area contributed by atoms with E-state index in [1.54, 1.807) is 21.9 Å². The van der Waals surface area contributed by atoms with Crippen molar-refractivity contribution in [3.8, 4) is 0 Å². The Morgan fingerprint density at radius 1 is 1.46 bits per heavy atom. The first-order valence-electron chi connectivity index (χ1n) is 3.64. The minimum Gasteiger partial charge on any atom is -0.298 e. The van der Waals surface area contributed by atoms with E-state index in [1.807, 2.05) is 6.07 Å². The zero-order valence-corrected chi connectivity index (χ0v) is 8.84. The van der Waals surface area contributed by atoms with Gasteiger partial charge in [0, 0.05) is 22.2 Å². The van der Waals surface area contributed by atoms with Gasteiger partial charge in [0.25, 0.3) is 0 Å². The molecular formula is C9H5BrClNO. The Morgan fingerprint density at radius 2 is 2.23 bits per heavy atom. The minimum atomic E-state index is 0.656. The largest absolute Gasteiger partial charge is 0.298 e. The maximum absolute atomic E-state index is 10.7. The average molecular weight is 259 g/mol. The highest BCUT2D eigenvalue weighted by Crippen LogP contribution is 2.24. The van der Waals surface area contributed by atoms with Crippen LogP contribution >= 0.6 is 27.7 Å². The molecule has 4 heteroatoms. The van der Waals surface area contributed by atoms with Crippen LogP contribution in [0.5, 0.6) is 0 Å². The summed E-state index contributed by atoms with van der Waals surface area (Å²) >= 11 is 9.11. The van der Waals surface area contributed by atoms with Crippen molar-refractivity contribution in [1.82, 2.24) is 3.59 Å². The van der Waals surface area contributed by atoms with Gasteiger partial charge in [0.2, 0.25) is 0 Å². The lowest BCUT2D eigenvalue weighted by molar-refractivity contribution is 0.112. The van der Waals surface area contributed by atoms with Gasteiger partial charge in [-0.05, 0) is 12.1 Å². The molecule has 2 aromatic rings. The summed E-state index contributed by atoms with van der Waals surface area (Å²) < 4.78 is 1.71. The lowest BCUT2D eigenvalue weighted by Gasteiger charge is -1.93. The highest BCUT2D eigenvalue weighted by molar-refractivity contribution is 9.08. The molecule has 0 aliphatic heterocycles. The third-order valence-electron chi connectivity index (χ3n) is 1.88. The van der Waals surface area contributed by atoms with Gasteiger partial charge in [0.1, 0.15) is 0 Å². The zero-order chi connectivity index (χ0) is 9.42. The number of aldehydes is 1. The summed E-state index contributed by atoms with van der Waals surface area (Å²) in [5.41, 5.74) is 1.55. The zero-order valence-electron chi connectivity index (χ0n) is 6.50. The van der Waals surface area contributed by atoms with Crippen LogP contribution in [0.1, 0.15) is 10.4 Å². The van der Waals surface area contributed by atoms with Crippen LogP contribution in [0.2, 0.25) is 5.02 Å². The van der Waals surface area contributed by atoms with Gasteiger partial charge in [0.15, 0.2) is 6.29 Å². The molecule has 1 heterocycles. The van der Waals surface area contributed by atoms with E-state index in [-0.39, 0.29) is 0 Å². The Bertz CT molecular complexity index is 478. The van der Waals surface area contributed by atoms with E-state index in [1.165, 1.54) is 0 Å². The molecule has 1 aromatic carbocycles. The topological polar surface area (TPSA) is 22.0 Å². The number of fused-ring (bicyclic) bond motifs is 1. The molecule has 0 N–H and O–H groups in total. The lowest BCUT2D eigenvalue weighted by atomic mass is 10.2. The van der Waals surface area contributed by atoms with Crippen LogP contribution in [-0.2, 0) is 0 Å². The van der Waals surface area contributed by atoms with Gasteiger partial charge in [0.05, 0.1) is 21.7 Å². The molecule has 0 fully saturated rings. The van der Waals surface area contributed by atoms with E-state index >= 15 is 0 Å². The van der Waals surface area contributed by atoms with Gasteiger partial charge >= 0.3 is 0 Å². The Balaban J connectivity index is 2.88. The number of rotatable bonds is 1. The van der Waals surface area contributed by atoms with Crippen LogP contribution in [0, 0.1) is 0 Å². The minimum absolute atomic E-state index is 0.656. The number of hydrogen-bond donors (Lipinski definition) is 0. The summed E-state index contributed by atoms with van der Waals surface area (Å²) in [6.45, 7) is 0. The summed E-state index contributed by atoms with van der Waals surface area (Å²) in [4.78, 5) is 10.7. The van der Waals surface area contributed by atoms with Crippen molar-refractivity contribution in [1.29, 1.82) is 0 Å². The second-order valence-corrected chi connectivity index (χ2v) is 3.88. The first kappa shape index (κ1) is 8.78. The number of nitrogens with zero attached hydrogens (tertiary/aromatic N) is 1. The maximum Gasteiger partial charge on any atom is 0.152 e. The predicted octanol–water partition coefficient (Wildman–Crippen LogP) is 3.27. The van der Waals surface area contributed by atoms with E-state index in [2.05, 4.69) is 16.1 Å². The van der Waals surface area contributed by atoms with Crippen molar-refractivity contribution in [2.45, 2.75) is 0 Å². The third-order valence-corrected chi connectivity index (χ3v) is 2.70. The van der Waals surface area contributed by atoms with Crippen LogP contribution in [0.3, 0.4) is 0 Å². The fourth-order valence-corrected chi connectivity index (χ4v) is 1.96. The summed E-state index contributed by atoms with van der Waals surface area (Å²) in [6.07, 6.45) is 2.54. The van der Waals surface area contributed by atoms with Gasteiger partial charge in [-0.25, -0.2) is 0 Å². The molecule has 0 atom stereocenters. The van der Waals surface area contributed by atoms with Crippen LogP contribution < -0.4 is 0 Å². The predicted molar refractivity (Wildman–Crippen MR) is 56.7 cm³/mol. The molecule has 0 aliphatic rings. The molecule has 13 heavy (non-hydrogen) atoms. The van der Waals surface area contributed by atoms with Crippen LogP contribution in [0.15, 0.2) is 24.4 Å². The molecule has 0 spiro atoms. The molecular weight excluding hydrogens is 253 g/mol. The van der Waals surface area contributed by atoms with E-state index in [9.17, 15) is 4.79 Å². The van der Waals surface area contributed by atoms with E-state index in [0.29, 0.717) is 10.6 Å². The molecule has 0 saturated heterocycles. The molecule has 66 valence electrons. The molecule has 0 radical (unpaired) electrons. The molecule has 2 rings (SSSR count). The molecule has 0 unspecified atom stereocenters. The fourth-order valence-electron chi connectivity index (χ4n) is 1.28. The Labute approximate surface area is 88.4 Å². The number of carbonyl (C=O) groups is 1. The molecule has 0 bridgehead atoms. The summed E-state index contributed by atoms with van der Waals surface area (Å²) in [7, 11) is 0. The van der Waals surface area contributed by atoms with Gasteiger partial charge in [-0.15, -0.1) is 0 Å². The smallest absolute Gasteiger partial charge is 0.152 e. The quantitative estimate of drug-likeness (QED) is 0.720. The van der Waals surface area contributed by atoms with E-state index in [0.717, 1.165) is 17.2 Å². The number of halogens is 2. The van der Waals surface area contributed by atoms with Gasteiger partial charge in [-0.3, -0.25) is 8.39 Å². The summed E-state index contributed by atoms with van der Waals surface area (Å²) in [6, 6.07) is 5.40. The van der Waals surface area contributed by atoms with E-state index < -0.39 is 0 Å². The highest BCUT2D eigenvalue weighted by atomic mass is 79.9. The third kappa shape index (κ3) is 1.38. The molecule has 0 amide bonds. The Morgan fingerprint density at radius 3 is 2.92 bits per heavy atom. The second-order valence-electron chi connectivity index (χ2n) is 2.67. The van der Waals surface area contributed by atoms with Crippen molar-refractivity contribution in [3.05, 3.63) is 35.0 Å². The molecule has 0 aliphatic carbocycles. The Hall–Kier alpha value is -0.800. The number of aromatic nitrogens is 1. The normalized spacial score (nSPS) is 10.6. The lowest BCUT2D eigenvalue weighted by Crippen LogP contribution is -1.74. The summed E-state index contributed by atoms with van der Waals surface area (Å²) in [5.74, 6) is 0. The standard InChI is InChI=1S/C9H5BrClNO/c10-12-4-6(5-13)8-2-1-7(11)3-9(8)12/h1-5H.